The molecule has 1 nitrogen and oxygen atoms in total. The Bertz CT molecular complexity index is 227. The molecule has 0 spiro atoms. The van der Waals surface area contributed by atoms with Crippen molar-refractivity contribution >= 4 is 22.6 Å². The van der Waals surface area contributed by atoms with Crippen LogP contribution in [0.15, 0.2) is 0 Å². The predicted molar refractivity (Wildman–Crippen MR) is 50.1 cm³/mol. The molecule has 0 rings (SSSR count). The van der Waals surface area contributed by atoms with Crippen LogP contribution in [0, 0.1) is 0 Å². The third kappa shape index (κ3) is 3.60. The molecule has 1 N–H and O–H groups in total. The normalized spacial score (nSPS) is 16.3. The first-order chi connectivity index (χ1) is 6.95. The summed E-state index contributed by atoms with van der Waals surface area (Å²) < 4.78 is 84.1. The molecule has 0 amide bonds. The van der Waals surface area contributed by atoms with E-state index in [-0.39, 0.29) is 6.42 Å². The molecule has 1 atom stereocenters. The molecule has 0 aromatic carbocycles. The Balaban J connectivity index is 4.77. The van der Waals surface area contributed by atoms with Gasteiger partial charge in [0.05, 0.1) is 0 Å². The molecule has 0 aliphatic carbocycles. The summed E-state index contributed by atoms with van der Waals surface area (Å²) in [6, 6.07) is 0. The van der Waals surface area contributed by atoms with Gasteiger partial charge in [-0.3, -0.25) is 0 Å². The second-order valence-electron chi connectivity index (χ2n) is 3.09. The lowest BCUT2D eigenvalue weighted by Crippen LogP contribution is -2.52. The van der Waals surface area contributed by atoms with E-state index in [9.17, 15) is 30.7 Å². The Morgan fingerprint density at radius 2 is 1.44 bits per heavy atom. The third-order valence-electron chi connectivity index (χ3n) is 1.74. The van der Waals surface area contributed by atoms with Crippen LogP contribution >= 0.6 is 22.6 Å². The fourth-order valence-electron chi connectivity index (χ4n) is 0.856. The second kappa shape index (κ2) is 5.23. The van der Waals surface area contributed by atoms with E-state index in [0.29, 0.717) is 0 Å². The van der Waals surface area contributed by atoms with Gasteiger partial charge in [-0.25, -0.2) is 0 Å². The minimum atomic E-state index is -6.29. The van der Waals surface area contributed by atoms with E-state index >= 15 is 0 Å². The van der Waals surface area contributed by atoms with Gasteiger partial charge in [0.25, 0.3) is 0 Å². The lowest BCUT2D eigenvalue weighted by Gasteiger charge is -2.29. The van der Waals surface area contributed by atoms with Crippen LogP contribution in [-0.2, 0) is 0 Å². The molecule has 0 aliphatic rings. The molecule has 0 bridgehead atoms. The maximum absolute atomic E-state index is 12.7. The van der Waals surface area contributed by atoms with Gasteiger partial charge < -0.3 is 5.11 Å². The molecular formula is C7H8F7IO. The molecule has 0 saturated heterocycles. The average Bonchev–Trinajstić information content (AvgIpc) is 2.00. The fourth-order valence-corrected chi connectivity index (χ4v) is 1.69. The minimum absolute atomic E-state index is 0.274. The topological polar surface area (TPSA) is 20.2 Å². The summed E-state index contributed by atoms with van der Waals surface area (Å²) in [5.74, 6) is -11.2. The molecule has 0 radical (unpaired) electrons. The molecule has 0 saturated carbocycles. The molecular weight excluding hydrogens is 360 g/mol. The lowest BCUT2D eigenvalue weighted by atomic mass is 10.0. The van der Waals surface area contributed by atoms with E-state index in [4.69, 9.17) is 5.11 Å². The Labute approximate surface area is 100 Å². The zero-order valence-electron chi connectivity index (χ0n) is 7.67. The van der Waals surface area contributed by atoms with Crippen molar-refractivity contribution in [2.24, 2.45) is 0 Å². The molecule has 98 valence electrons. The summed E-state index contributed by atoms with van der Waals surface area (Å²) >= 11 is 1.29. The highest BCUT2D eigenvalue weighted by Crippen LogP contribution is 2.49. The van der Waals surface area contributed by atoms with Gasteiger partial charge in [-0.05, 0) is 6.42 Å². The van der Waals surface area contributed by atoms with Crippen molar-refractivity contribution in [2.75, 3.05) is 6.61 Å². The number of hydrogen-bond donors (Lipinski definition) is 1. The molecule has 0 unspecified atom stereocenters. The van der Waals surface area contributed by atoms with Crippen LogP contribution in [0.1, 0.15) is 12.8 Å². The summed E-state index contributed by atoms with van der Waals surface area (Å²) in [6.45, 7) is -0.554. The van der Waals surface area contributed by atoms with E-state index in [1.807, 2.05) is 0 Å². The van der Waals surface area contributed by atoms with Crippen molar-refractivity contribution in [1.82, 2.24) is 0 Å². The monoisotopic (exact) mass is 368 g/mol. The minimum Gasteiger partial charge on any atom is -0.396 e. The highest BCUT2D eigenvalue weighted by Gasteiger charge is 2.72. The average molecular weight is 368 g/mol. The molecule has 0 heterocycles. The lowest BCUT2D eigenvalue weighted by molar-refractivity contribution is -0.355. The summed E-state index contributed by atoms with van der Waals surface area (Å²) in [5.41, 5.74) is 0. The summed E-state index contributed by atoms with van der Waals surface area (Å²) in [5, 5.41) is 8.34. The van der Waals surface area contributed by atoms with E-state index < -0.39 is 35.0 Å². The summed E-state index contributed by atoms with van der Waals surface area (Å²) in [7, 11) is 0. The fraction of sp³-hybridized carbons (Fsp3) is 1.00. The van der Waals surface area contributed by atoms with Crippen LogP contribution < -0.4 is 0 Å². The van der Waals surface area contributed by atoms with E-state index in [2.05, 4.69) is 0 Å². The van der Waals surface area contributed by atoms with Crippen molar-refractivity contribution in [3.63, 3.8) is 0 Å². The van der Waals surface area contributed by atoms with Crippen LogP contribution in [0.25, 0.3) is 0 Å². The molecule has 0 fully saturated rings. The summed E-state index contributed by atoms with van der Waals surface area (Å²) in [4.78, 5) is 0. The SMILES string of the molecule is OCC[C@@H](I)CC(F)(F)C(F)(F)C(F)(F)F. The molecule has 16 heavy (non-hydrogen) atoms. The predicted octanol–water partition coefficient (Wildman–Crippen LogP) is 3.40. The number of halogens is 8. The molecule has 0 aliphatic heterocycles. The van der Waals surface area contributed by atoms with E-state index in [0.717, 1.165) is 0 Å². The van der Waals surface area contributed by atoms with Gasteiger partial charge in [-0.2, -0.15) is 30.7 Å². The van der Waals surface area contributed by atoms with Gasteiger partial charge in [0.1, 0.15) is 0 Å². The zero-order chi connectivity index (χ0) is 13.2. The van der Waals surface area contributed by atoms with Gasteiger partial charge >= 0.3 is 18.0 Å². The highest BCUT2D eigenvalue weighted by atomic mass is 127. The first-order valence-corrected chi connectivity index (χ1v) is 5.27. The van der Waals surface area contributed by atoms with Crippen LogP contribution in [0.2, 0.25) is 0 Å². The second-order valence-corrected chi connectivity index (χ2v) is 4.85. The number of rotatable bonds is 5. The highest BCUT2D eigenvalue weighted by molar-refractivity contribution is 14.1. The Morgan fingerprint density at radius 3 is 1.75 bits per heavy atom. The van der Waals surface area contributed by atoms with Crippen molar-refractivity contribution in [2.45, 2.75) is 34.8 Å². The largest absolute Gasteiger partial charge is 0.459 e. The van der Waals surface area contributed by atoms with Crippen molar-refractivity contribution in [1.29, 1.82) is 0 Å². The van der Waals surface area contributed by atoms with Gasteiger partial charge in [0.15, 0.2) is 0 Å². The van der Waals surface area contributed by atoms with Gasteiger partial charge in [0, 0.05) is 17.0 Å². The van der Waals surface area contributed by atoms with E-state index in [1.165, 1.54) is 22.6 Å². The Kier molecular flexibility index (Phi) is 5.30. The molecule has 9 heteroatoms. The first kappa shape index (κ1) is 16.2. The van der Waals surface area contributed by atoms with Crippen LogP contribution in [0.4, 0.5) is 30.7 Å². The van der Waals surface area contributed by atoms with E-state index in [1.54, 1.807) is 0 Å². The first-order valence-electron chi connectivity index (χ1n) is 4.03. The maximum Gasteiger partial charge on any atom is 0.459 e. The maximum atomic E-state index is 12.7. The Morgan fingerprint density at radius 1 is 1.00 bits per heavy atom. The molecule has 0 aromatic rings. The number of hydrogen-bond acceptors (Lipinski definition) is 1. The number of aliphatic hydroxyl groups is 1. The van der Waals surface area contributed by atoms with Gasteiger partial charge in [-0.15, -0.1) is 0 Å². The number of alkyl halides is 8. The van der Waals surface area contributed by atoms with Crippen LogP contribution in [0.3, 0.4) is 0 Å². The van der Waals surface area contributed by atoms with Crippen molar-refractivity contribution in [3.05, 3.63) is 0 Å². The van der Waals surface area contributed by atoms with Crippen LogP contribution in [0.5, 0.6) is 0 Å². The summed E-state index contributed by atoms with van der Waals surface area (Å²) in [6.07, 6.45) is -8.20. The standard InChI is InChI=1S/C7H8F7IO/c8-5(9,3-4(15)1-2-16)6(10,11)7(12,13)14/h4,16H,1-3H2/t4-/m1/s1. The molecule has 0 aromatic heterocycles. The zero-order valence-corrected chi connectivity index (χ0v) is 9.83. The van der Waals surface area contributed by atoms with Crippen molar-refractivity contribution in [3.8, 4) is 0 Å². The quantitative estimate of drug-likeness (QED) is 0.448. The van der Waals surface area contributed by atoms with Crippen molar-refractivity contribution < 1.29 is 35.8 Å². The van der Waals surface area contributed by atoms with Gasteiger partial charge in [0.2, 0.25) is 0 Å². The smallest absolute Gasteiger partial charge is 0.396 e. The van der Waals surface area contributed by atoms with Gasteiger partial charge in [-0.1, -0.05) is 22.6 Å². The third-order valence-corrected chi connectivity index (χ3v) is 2.80. The van der Waals surface area contributed by atoms with Crippen LogP contribution in [-0.4, -0.2) is 33.7 Å². The Hall–Kier alpha value is 0.200. The number of aliphatic hydroxyl groups excluding tert-OH is 1.